The Morgan fingerprint density at radius 3 is 2.71 bits per heavy atom. The molecule has 5 nitrogen and oxygen atoms in total. The molecule has 1 aliphatic rings. The van der Waals surface area contributed by atoms with Gasteiger partial charge in [-0.15, -0.1) is 0 Å². The number of nitrogens with zero attached hydrogens (tertiary/aromatic N) is 4. The van der Waals surface area contributed by atoms with Gasteiger partial charge < -0.3 is 9.64 Å². The van der Waals surface area contributed by atoms with Crippen LogP contribution in [0.4, 0.5) is 5.82 Å². The summed E-state index contributed by atoms with van der Waals surface area (Å²) in [6, 6.07) is 3.91. The maximum absolute atomic E-state index is 5.93. The number of aromatic nitrogens is 3. The van der Waals surface area contributed by atoms with E-state index in [-0.39, 0.29) is 0 Å². The van der Waals surface area contributed by atoms with Crippen LogP contribution in [0.1, 0.15) is 18.4 Å². The molecule has 0 bridgehead atoms. The van der Waals surface area contributed by atoms with Crippen LogP contribution in [-0.4, -0.2) is 34.6 Å². The zero-order valence-corrected chi connectivity index (χ0v) is 12.3. The van der Waals surface area contributed by atoms with Gasteiger partial charge in [0.15, 0.2) is 0 Å². The molecule has 110 valence electrons. The molecule has 0 atom stereocenters. The van der Waals surface area contributed by atoms with Gasteiger partial charge in [0.05, 0.1) is 6.61 Å². The fourth-order valence-corrected chi connectivity index (χ4v) is 2.63. The fraction of sp³-hybridized carbons (Fsp3) is 0.438. The van der Waals surface area contributed by atoms with Crippen molar-refractivity contribution >= 4 is 5.82 Å². The Balaban J connectivity index is 1.49. The molecule has 1 aliphatic heterocycles. The van der Waals surface area contributed by atoms with Gasteiger partial charge in [-0.05, 0) is 37.8 Å². The molecule has 5 heteroatoms. The Morgan fingerprint density at radius 1 is 1.19 bits per heavy atom. The molecule has 0 amide bonds. The number of hydrogen-bond acceptors (Lipinski definition) is 5. The molecule has 3 heterocycles. The highest BCUT2D eigenvalue weighted by atomic mass is 16.5. The maximum Gasteiger partial charge on any atom is 0.131 e. The third-order valence-corrected chi connectivity index (χ3v) is 3.95. The molecule has 0 saturated carbocycles. The summed E-state index contributed by atoms with van der Waals surface area (Å²) >= 11 is 0. The highest BCUT2D eigenvalue weighted by Gasteiger charge is 2.20. The van der Waals surface area contributed by atoms with Crippen LogP contribution in [0.25, 0.3) is 0 Å². The lowest BCUT2D eigenvalue weighted by Crippen LogP contribution is -2.36. The first kappa shape index (κ1) is 13.8. The van der Waals surface area contributed by atoms with Gasteiger partial charge in [0.2, 0.25) is 0 Å². The molecule has 0 aromatic carbocycles. The summed E-state index contributed by atoms with van der Waals surface area (Å²) in [7, 11) is 0. The molecular weight excluding hydrogens is 264 g/mol. The molecule has 0 N–H and O–H groups in total. The normalized spacial score (nSPS) is 16.0. The van der Waals surface area contributed by atoms with Crippen LogP contribution < -0.4 is 9.64 Å². The fourth-order valence-electron chi connectivity index (χ4n) is 2.63. The number of ether oxygens (including phenoxy) is 1. The molecule has 0 radical (unpaired) electrons. The monoisotopic (exact) mass is 284 g/mol. The summed E-state index contributed by atoms with van der Waals surface area (Å²) in [6.07, 6.45) is 9.29. The summed E-state index contributed by atoms with van der Waals surface area (Å²) in [5.41, 5.74) is 1.09. The van der Waals surface area contributed by atoms with Gasteiger partial charge in [0, 0.05) is 37.2 Å². The van der Waals surface area contributed by atoms with Crippen LogP contribution in [0.3, 0.4) is 0 Å². The second kappa shape index (κ2) is 6.52. The van der Waals surface area contributed by atoms with E-state index in [1.165, 1.54) is 0 Å². The van der Waals surface area contributed by atoms with Crippen molar-refractivity contribution in [2.75, 3.05) is 24.6 Å². The topological polar surface area (TPSA) is 51.1 Å². The highest BCUT2D eigenvalue weighted by molar-refractivity contribution is 5.36. The highest BCUT2D eigenvalue weighted by Crippen LogP contribution is 2.23. The summed E-state index contributed by atoms with van der Waals surface area (Å²) in [6.45, 7) is 4.86. The number of pyridine rings is 1. The molecule has 1 saturated heterocycles. The molecule has 0 aliphatic carbocycles. The summed E-state index contributed by atoms with van der Waals surface area (Å²) in [5, 5.41) is 0. The standard InChI is InChI=1S/C16H20N4O/c1-13-10-17-6-2-15(13)21-11-14-4-8-20(9-5-14)16-3-7-18-12-19-16/h2-3,6-7,10,12,14H,4-5,8-9,11H2,1H3. The van der Waals surface area contributed by atoms with Crippen molar-refractivity contribution in [3.63, 3.8) is 0 Å². The summed E-state index contributed by atoms with van der Waals surface area (Å²) in [5.74, 6) is 2.58. The van der Waals surface area contributed by atoms with E-state index in [1.807, 2.05) is 25.3 Å². The van der Waals surface area contributed by atoms with Crippen molar-refractivity contribution in [3.8, 4) is 5.75 Å². The smallest absolute Gasteiger partial charge is 0.131 e. The molecule has 1 fully saturated rings. The SMILES string of the molecule is Cc1cnccc1OCC1CCN(c2ccncn2)CC1. The largest absolute Gasteiger partial charge is 0.493 e. The van der Waals surface area contributed by atoms with Crippen LogP contribution in [0.15, 0.2) is 37.1 Å². The van der Waals surface area contributed by atoms with E-state index in [0.29, 0.717) is 5.92 Å². The van der Waals surface area contributed by atoms with Crippen LogP contribution in [-0.2, 0) is 0 Å². The van der Waals surface area contributed by atoms with Crippen molar-refractivity contribution in [2.24, 2.45) is 5.92 Å². The number of rotatable bonds is 4. The Labute approximate surface area is 125 Å². The molecule has 0 unspecified atom stereocenters. The maximum atomic E-state index is 5.93. The van der Waals surface area contributed by atoms with Gasteiger partial charge in [-0.3, -0.25) is 4.98 Å². The van der Waals surface area contributed by atoms with Crippen LogP contribution in [0.5, 0.6) is 5.75 Å². The van der Waals surface area contributed by atoms with E-state index >= 15 is 0 Å². The van der Waals surface area contributed by atoms with Gasteiger partial charge in [0.1, 0.15) is 17.9 Å². The minimum Gasteiger partial charge on any atom is -0.493 e. The molecule has 2 aromatic heterocycles. The number of hydrogen-bond donors (Lipinski definition) is 0. The molecule has 21 heavy (non-hydrogen) atoms. The first-order chi connectivity index (χ1) is 10.3. The lowest BCUT2D eigenvalue weighted by atomic mass is 9.98. The van der Waals surface area contributed by atoms with E-state index in [9.17, 15) is 0 Å². The Bertz CT molecular complexity index is 567. The molecular formula is C16H20N4O. The van der Waals surface area contributed by atoms with E-state index in [4.69, 9.17) is 4.74 Å². The zero-order valence-electron chi connectivity index (χ0n) is 12.3. The van der Waals surface area contributed by atoms with Crippen LogP contribution in [0, 0.1) is 12.8 Å². The minimum atomic E-state index is 0.607. The molecule has 0 spiro atoms. The third-order valence-electron chi connectivity index (χ3n) is 3.95. The average Bonchev–Trinajstić information content (AvgIpc) is 2.55. The lowest BCUT2D eigenvalue weighted by molar-refractivity contribution is 0.221. The van der Waals surface area contributed by atoms with E-state index in [0.717, 1.165) is 49.7 Å². The van der Waals surface area contributed by atoms with Gasteiger partial charge in [-0.1, -0.05) is 0 Å². The summed E-state index contributed by atoms with van der Waals surface area (Å²) in [4.78, 5) is 14.7. The summed E-state index contributed by atoms with van der Waals surface area (Å²) < 4.78 is 5.93. The van der Waals surface area contributed by atoms with Gasteiger partial charge in [0.25, 0.3) is 0 Å². The second-order valence-corrected chi connectivity index (χ2v) is 5.45. The third kappa shape index (κ3) is 3.48. The van der Waals surface area contributed by atoms with Gasteiger partial charge in [-0.2, -0.15) is 0 Å². The Kier molecular flexibility index (Phi) is 4.28. The quantitative estimate of drug-likeness (QED) is 0.863. The molecule has 3 rings (SSSR count). The van der Waals surface area contributed by atoms with Crippen LogP contribution in [0.2, 0.25) is 0 Å². The number of anilines is 1. The van der Waals surface area contributed by atoms with Gasteiger partial charge in [-0.25, -0.2) is 9.97 Å². The number of aryl methyl sites for hydroxylation is 1. The lowest BCUT2D eigenvalue weighted by Gasteiger charge is -2.32. The first-order valence-electron chi connectivity index (χ1n) is 7.37. The zero-order chi connectivity index (χ0) is 14.5. The molecule has 2 aromatic rings. The van der Waals surface area contributed by atoms with Crippen molar-refractivity contribution in [3.05, 3.63) is 42.6 Å². The minimum absolute atomic E-state index is 0.607. The predicted molar refractivity (Wildman–Crippen MR) is 81.4 cm³/mol. The second-order valence-electron chi connectivity index (χ2n) is 5.45. The first-order valence-corrected chi connectivity index (χ1v) is 7.37. The van der Waals surface area contributed by atoms with Crippen molar-refractivity contribution < 1.29 is 4.74 Å². The van der Waals surface area contributed by atoms with Gasteiger partial charge >= 0.3 is 0 Å². The average molecular weight is 284 g/mol. The predicted octanol–water partition coefficient (Wildman–Crippen LogP) is 2.48. The van der Waals surface area contributed by atoms with Crippen molar-refractivity contribution in [1.82, 2.24) is 15.0 Å². The van der Waals surface area contributed by atoms with Crippen molar-refractivity contribution in [2.45, 2.75) is 19.8 Å². The van der Waals surface area contributed by atoms with E-state index in [2.05, 4.69) is 19.9 Å². The van der Waals surface area contributed by atoms with Crippen LogP contribution >= 0.6 is 0 Å². The van der Waals surface area contributed by atoms with E-state index < -0.39 is 0 Å². The van der Waals surface area contributed by atoms with Crippen molar-refractivity contribution in [1.29, 1.82) is 0 Å². The Hall–Kier alpha value is -2.17. The number of piperidine rings is 1. The van der Waals surface area contributed by atoms with E-state index in [1.54, 1.807) is 18.7 Å². The Morgan fingerprint density at radius 2 is 2.00 bits per heavy atom.